The van der Waals surface area contributed by atoms with Gasteiger partial charge in [0.05, 0.1) is 12.2 Å². The topological polar surface area (TPSA) is 60.8 Å². The molecule has 0 aliphatic carbocycles. The summed E-state index contributed by atoms with van der Waals surface area (Å²) < 4.78 is 0. The summed E-state index contributed by atoms with van der Waals surface area (Å²) in [6, 6.07) is 7.78. The average Bonchev–Trinajstić information content (AvgIpc) is 2.68. The van der Waals surface area contributed by atoms with Crippen molar-refractivity contribution < 1.29 is 15.0 Å². The zero-order valence-corrected chi connectivity index (χ0v) is 10.3. The van der Waals surface area contributed by atoms with E-state index in [9.17, 15) is 15.0 Å². The number of rotatable bonds is 2. The molecule has 0 bridgehead atoms. The number of aliphatic hydroxyl groups is 2. The minimum absolute atomic E-state index is 0.186. The van der Waals surface area contributed by atoms with Gasteiger partial charge in [-0.25, -0.2) is 0 Å². The van der Waals surface area contributed by atoms with Crippen molar-refractivity contribution in [2.45, 2.75) is 19.1 Å². The summed E-state index contributed by atoms with van der Waals surface area (Å²) in [5, 5.41) is 18.8. The molecule has 4 nitrogen and oxygen atoms in total. The second kappa shape index (κ2) is 5.33. The molecule has 1 amide bonds. The molecule has 1 aromatic rings. The fourth-order valence-corrected chi connectivity index (χ4v) is 1.99. The Labute approximate surface area is 106 Å². The third-order valence-corrected chi connectivity index (χ3v) is 3.16. The van der Waals surface area contributed by atoms with Crippen molar-refractivity contribution in [3.8, 4) is 0 Å². The van der Waals surface area contributed by atoms with Crippen molar-refractivity contribution in [3.63, 3.8) is 0 Å². The molecule has 1 heterocycles. The molecule has 2 N–H and O–H groups in total. The van der Waals surface area contributed by atoms with Crippen molar-refractivity contribution in [2.24, 2.45) is 0 Å². The van der Waals surface area contributed by atoms with Gasteiger partial charge in [-0.15, -0.1) is 0 Å². The first-order valence-corrected chi connectivity index (χ1v) is 5.96. The van der Waals surface area contributed by atoms with Crippen molar-refractivity contribution in [1.82, 2.24) is 4.90 Å². The van der Waals surface area contributed by atoms with Crippen LogP contribution in [-0.2, 0) is 4.79 Å². The van der Waals surface area contributed by atoms with Crippen molar-refractivity contribution >= 4 is 12.0 Å². The molecule has 1 aromatic carbocycles. The van der Waals surface area contributed by atoms with E-state index in [0.29, 0.717) is 0 Å². The zero-order chi connectivity index (χ0) is 13.1. The fraction of sp³-hybridized carbons (Fsp3) is 0.357. The number of amides is 1. The molecule has 2 unspecified atom stereocenters. The van der Waals surface area contributed by atoms with E-state index in [1.165, 1.54) is 11.0 Å². The van der Waals surface area contributed by atoms with E-state index in [0.717, 1.165) is 11.1 Å². The predicted octanol–water partition coefficient (Wildman–Crippen LogP) is 0.572. The first-order valence-electron chi connectivity index (χ1n) is 5.96. The summed E-state index contributed by atoms with van der Waals surface area (Å²) in [4.78, 5) is 13.3. The molecule has 0 aromatic heterocycles. The normalized spacial score (nSPS) is 23.8. The number of nitrogens with zero attached hydrogens (tertiary/aromatic N) is 1. The highest BCUT2D eigenvalue weighted by molar-refractivity contribution is 5.92. The molecule has 4 heteroatoms. The number of carbonyl (C=O) groups is 1. The van der Waals surface area contributed by atoms with Crippen LogP contribution >= 0.6 is 0 Å². The summed E-state index contributed by atoms with van der Waals surface area (Å²) in [5.74, 6) is -0.186. The molecule has 2 atom stereocenters. The Morgan fingerprint density at radius 3 is 2.50 bits per heavy atom. The molecule has 1 fully saturated rings. The van der Waals surface area contributed by atoms with Crippen LogP contribution in [0.4, 0.5) is 0 Å². The van der Waals surface area contributed by atoms with Crippen LogP contribution in [0.3, 0.4) is 0 Å². The quantitative estimate of drug-likeness (QED) is 0.751. The Morgan fingerprint density at radius 2 is 1.89 bits per heavy atom. The highest BCUT2D eigenvalue weighted by Crippen LogP contribution is 2.12. The van der Waals surface area contributed by atoms with Gasteiger partial charge >= 0.3 is 0 Å². The highest BCUT2D eigenvalue weighted by atomic mass is 16.3. The molecule has 0 radical (unpaired) electrons. The fourth-order valence-electron chi connectivity index (χ4n) is 1.99. The third-order valence-electron chi connectivity index (χ3n) is 3.16. The van der Waals surface area contributed by atoms with Gasteiger partial charge in [0.2, 0.25) is 5.91 Å². The van der Waals surface area contributed by atoms with E-state index in [1.54, 1.807) is 6.08 Å². The molecule has 96 valence electrons. The smallest absolute Gasteiger partial charge is 0.246 e. The second-order valence-corrected chi connectivity index (χ2v) is 4.57. The number of β-amino-alcohol motifs (C(OH)–C–C–N with tert-alkyl or cyclic N) is 2. The molecule has 1 saturated heterocycles. The zero-order valence-electron chi connectivity index (χ0n) is 10.3. The van der Waals surface area contributed by atoms with Crippen molar-refractivity contribution in [2.75, 3.05) is 13.1 Å². The number of hydrogen-bond donors (Lipinski definition) is 2. The standard InChI is InChI=1S/C14H17NO3/c1-10-4-2-3-5-11(10)6-7-14(18)15-8-12(16)13(17)9-15/h2-7,12-13,16-17H,8-9H2,1H3/b7-6+. The van der Waals surface area contributed by atoms with Crippen molar-refractivity contribution in [1.29, 1.82) is 0 Å². The van der Waals surface area contributed by atoms with Crippen LogP contribution < -0.4 is 0 Å². The largest absolute Gasteiger partial charge is 0.388 e. The van der Waals surface area contributed by atoms with E-state index < -0.39 is 12.2 Å². The lowest BCUT2D eigenvalue weighted by Gasteiger charge is -2.12. The first kappa shape index (κ1) is 12.8. The Kier molecular flexibility index (Phi) is 3.79. The van der Waals surface area contributed by atoms with Gasteiger partial charge in [0.1, 0.15) is 0 Å². The summed E-state index contributed by atoms with van der Waals surface area (Å²) in [6.45, 7) is 2.36. The van der Waals surface area contributed by atoms with Crippen LogP contribution in [0.15, 0.2) is 30.3 Å². The highest BCUT2D eigenvalue weighted by Gasteiger charge is 2.31. The van der Waals surface area contributed by atoms with Gasteiger partial charge in [0.15, 0.2) is 0 Å². The molecular formula is C14H17NO3. The Morgan fingerprint density at radius 1 is 1.28 bits per heavy atom. The maximum absolute atomic E-state index is 11.8. The number of hydrogen-bond acceptors (Lipinski definition) is 3. The lowest BCUT2D eigenvalue weighted by molar-refractivity contribution is -0.125. The summed E-state index contributed by atoms with van der Waals surface area (Å²) in [7, 11) is 0. The maximum atomic E-state index is 11.8. The van der Waals surface area contributed by atoms with E-state index in [4.69, 9.17) is 0 Å². The van der Waals surface area contributed by atoms with E-state index >= 15 is 0 Å². The Balaban J connectivity index is 2.02. The minimum atomic E-state index is -0.833. The number of carbonyl (C=O) groups excluding carboxylic acids is 1. The Bertz CT molecular complexity index is 460. The van der Waals surface area contributed by atoms with Crippen molar-refractivity contribution in [3.05, 3.63) is 41.5 Å². The second-order valence-electron chi connectivity index (χ2n) is 4.57. The predicted molar refractivity (Wildman–Crippen MR) is 68.8 cm³/mol. The van der Waals surface area contributed by atoms with Gasteiger partial charge in [0, 0.05) is 19.2 Å². The monoisotopic (exact) mass is 247 g/mol. The van der Waals surface area contributed by atoms with E-state index in [2.05, 4.69) is 0 Å². The lowest BCUT2D eigenvalue weighted by atomic mass is 10.1. The van der Waals surface area contributed by atoms with Crippen LogP contribution in [-0.4, -0.2) is 46.3 Å². The lowest BCUT2D eigenvalue weighted by Crippen LogP contribution is -2.27. The van der Waals surface area contributed by atoms with Gasteiger partial charge in [-0.2, -0.15) is 0 Å². The first-order chi connectivity index (χ1) is 8.58. The van der Waals surface area contributed by atoms with Crippen LogP contribution in [0, 0.1) is 6.92 Å². The number of aliphatic hydroxyl groups excluding tert-OH is 2. The molecule has 0 saturated carbocycles. The van der Waals surface area contributed by atoms with Crippen LogP contribution in [0.5, 0.6) is 0 Å². The number of benzene rings is 1. The Hall–Kier alpha value is -1.65. The van der Waals surface area contributed by atoms with Gasteiger partial charge in [-0.3, -0.25) is 4.79 Å². The molecule has 1 aliphatic heterocycles. The molecule has 18 heavy (non-hydrogen) atoms. The number of aryl methyl sites for hydroxylation is 1. The average molecular weight is 247 g/mol. The van der Waals surface area contributed by atoms with Gasteiger partial charge < -0.3 is 15.1 Å². The van der Waals surface area contributed by atoms with E-state index in [1.807, 2.05) is 31.2 Å². The SMILES string of the molecule is Cc1ccccc1/C=C/C(=O)N1CC(O)C(O)C1. The number of likely N-dealkylation sites (tertiary alicyclic amines) is 1. The van der Waals surface area contributed by atoms with Crippen LogP contribution in [0.2, 0.25) is 0 Å². The van der Waals surface area contributed by atoms with Gasteiger partial charge in [0.25, 0.3) is 0 Å². The van der Waals surface area contributed by atoms with Gasteiger partial charge in [-0.05, 0) is 24.1 Å². The molecule has 0 spiro atoms. The summed E-state index contributed by atoms with van der Waals surface area (Å²) >= 11 is 0. The molecule has 1 aliphatic rings. The van der Waals surface area contributed by atoms with E-state index in [-0.39, 0.29) is 19.0 Å². The molecule has 2 rings (SSSR count). The summed E-state index contributed by atoms with van der Waals surface area (Å²) in [6.07, 6.45) is 1.57. The maximum Gasteiger partial charge on any atom is 0.246 e. The third kappa shape index (κ3) is 2.78. The molecular weight excluding hydrogens is 230 g/mol. The van der Waals surface area contributed by atoms with Gasteiger partial charge in [-0.1, -0.05) is 24.3 Å². The van der Waals surface area contributed by atoms with Crippen LogP contribution in [0.25, 0.3) is 6.08 Å². The van der Waals surface area contributed by atoms with Crippen LogP contribution in [0.1, 0.15) is 11.1 Å². The minimum Gasteiger partial charge on any atom is -0.388 e. The summed E-state index contributed by atoms with van der Waals surface area (Å²) in [5.41, 5.74) is 2.09.